The molecule has 3 aromatic rings. The lowest BCUT2D eigenvalue weighted by molar-refractivity contribution is -0.137. The lowest BCUT2D eigenvalue weighted by atomic mass is 10.1. The zero-order valence-electron chi connectivity index (χ0n) is 13.8. The van der Waals surface area contributed by atoms with Crippen molar-refractivity contribution in [3.05, 3.63) is 47.3 Å². The normalized spacial score (nSPS) is 14.5. The molecule has 0 radical (unpaired) electrons. The van der Waals surface area contributed by atoms with Crippen LogP contribution in [-0.2, 0) is 12.7 Å². The molecule has 0 atom stereocenters. The highest BCUT2D eigenvalue weighted by Gasteiger charge is 2.31. The Bertz CT molecular complexity index is 989. The number of rotatable bonds is 5. The van der Waals surface area contributed by atoms with E-state index in [1.165, 1.54) is 27.7 Å². The first kappa shape index (κ1) is 17.2. The van der Waals surface area contributed by atoms with E-state index in [2.05, 4.69) is 20.5 Å². The van der Waals surface area contributed by atoms with Gasteiger partial charge < -0.3 is 5.11 Å². The fraction of sp³-hybridized carbons (Fsp3) is 0.312. The third-order valence-electron chi connectivity index (χ3n) is 4.12. The van der Waals surface area contributed by atoms with E-state index in [9.17, 15) is 23.1 Å². The van der Waals surface area contributed by atoms with Gasteiger partial charge in [-0.3, -0.25) is 4.68 Å². The van der Waals surface area contributed by atoms with E-state index >= 15 is 0 Å². The number of nitrogens with zero attached hydrogens (tertiary/aromatic N) is 6. The van der Waals surface area contributed by atoms with Crippen molar-refractivity contribution in [1.29, 1.82) is 0 Å². The van der Waals surface area contributed by atoms with Crippen molar-refractivity contribution in [1.82, 2.24) is 30.0 Å². The number of aromatic nitrogens is 6. The van der Waals surface area contributed by atoms with E-state index < -0.39 is 17.7 Å². The van der Waals surface area contributed by atoms with Crippen LogP contribution in [0.25, 0.3) is 11.4 Å². The first-order chi connectivity index (χ1) is 12.8. The molecule has 0 spiro atoms. The summed E-state index contributed by atoms with van der Waals surface area (Å²) >= 11 is 0. The van der Waals surface area contributed by atoms with Gasteiger partial charge in [-0.05, 0) is 36.3 Å². The first-order valence-electron chi connectivity index (χ1n) is 8.08. The third-order valence-corrected chi connectivity index (χ3v) is 4.12. The summed E-state index contributed by atoms with van der Waals surface area (Å²) in [6.45, 7) is 0.105. The van der Waals surface area contributed by atoms with Gasteiger partial charge in [0, 0.05) is 5.56 Å². The lowest BCUT2D eigenvalue weighted by Gasteiger charge is -2.05. The van der Waals surface area contributed by atoms with Gasteiger partial charge >= 0.3 is 12.1 Å². The van der Waals surface area contributed by atoms with Gasteiger partial charge in [0.1, 0.15) is 12.2 Å². The second kappa shape index (κ2) is 6.18. The number of tetrazole rings is 1. The van der Waals surface area contributed by atoms with Gasteiger partial charge in [0.2, 0.25) is 5.82 Å². The highest BCUT2D eigenvalue weighted by atomic mass is 19.4. The smallest absolute Gasteiger partial charge is 0.416 e. The van der Waals surface area contributed by atoms with Gasteiger partial charge in [0.25, 0.3) is 0 Å². The van der Waals surface area contributed by atoms with Crippen LogP contribution in [0.1, 0.15) is 40.6 Å². The molecule has 0 amide bonds. The average molecular weight is 378 g/mol. The maximum absolute atomic E-state index is 12.6. The Hall–Kier alpha value is -3.24. The van der Waals surface area contributed by atoms with Crippen LogP contribution in [0.15, 0.2) is 30.3 Å². The monoisotopic (exact) mass is 378 g/mol. The molecular weight excluding hydrogens is 365 g/mol. The minimum absolute atomic E-state index is 0.105. The fourth-order valence-corrected chi connectivity index (χ4v) is 2.66. The largest absolute Gasteiger partial charge is 0.477 e. The molecule has 2 heterocycles. The van der Waals surface area contributed by atoms with Crippen LogP contribution in [0.5, 0.6) is 0 Å². The predicted octanol–water partition coefficient (Wildman–Crippen LogP) is 2.64. The molecule has 1 saturated carbocycles. The van der Waals surface area contributed by atoms with Crippen LogP contribution in [0, 0.1) is 0 Å². The van der Waals surface area contributed by atoms with Crippen LogP contribution in [0.4, 0.5) is 13.2 Å². The number of carboxylic acid groups (broad SMARTS) is 1. The number of carbonyl (C=O) groups is 1. The number of hydrogen-bond donors (Lipinski definition) is 1. The van der Waals surface area contributed by atoms with Gasteiger partial charge in [-0.15, -0.1) is 10.2 Å². The summed E-state index contributed by atoms with van der Waals surface area (Å²) in [5.74, 6) is -0.888. The second-order valence-electron chi connectivity index (χ2n) is 6.22. The zero-order valence-corrected chi connectivity index (χ0v) is 13.8. The summed E-state index contributed by atoms with van der Waals surface area (Å²) < 4.78 is 39.4. The summed E-state index contributed by atoms with van der Waals surface area (Å²) in [7, 11) is 0. The molecule has 1 fully saturated rings. The van der Waals surface area contributed by atoms with E-state index in [1.807, 2.05) is 0 Å². The Morgan fingerprint density at radius 2 is 1.89 bits per heavy atom. The molecule has 0 saturated heterocycles. The number of carboxylic acids is 1. The summed E-state index contributed by atoms with van der Waals surface area (Å²) in [5.41, 5.74) is 0.209. The van der Waals surface area contributed by atoms with Gasteiger partial charge in [-0.25, -0.2) is 4.79 Å². The fourth-order valence-electron chi connectivity index (χ4n) is 2.66. The van der Waals surface area contributed by atoms with Gasteiger partial charge in [0.05, 0.1) is 17.3 Å². The molecule has 0 unspecified atom stereocenters. The molecule has 0 bridgehead atoms. The highest BCUT2D eigenvalue weighted by molar-refractivity contribution is 5.85. The molecule has 4 rings (SSSR count). The first-order valence-corrected chi connectivity index (χ1v) is 8.08. The standard InChI is InChI=1S/C16H13F3N6O2/c17-16(18,19)10-3-1-9(2-4-10)14-20-23-24(22-14)8-11-7-13(15(26)27)25(21-11)12-5-6-12/h1-4,7,12H,5-6,8H2,(H,26,27). The number of benzene rings is 1. The Morgan fingerprint density at radius 3 is 2.48 bits per heavy atom. The minimum atomic E-state index is -4.41. The van der Waals surface area contributed by atoms with Crippen molar-refractivity contribution in [2.45, 2.75) is 31.6 Å². The molecule has 8 nitrogen and oxygen atoms in total. The van der Waals surface area contributed by atoms with Crippen LogP contribution in [0.3, 0.4) is 0 Å². The molecule has 1 aliphatic carbocycles. The number of aromatic carboxylic acids is 1. The molecule has 1 N–H and O–H groups in total. The third kappa shape index (κ3) is 3.52. The Morgan fingerprint density at radius 1 is 1.19 bits per heavy atom. The van der Waals surface area contributed by atoms with E-state index in [0.717, 1.165) is 25.0 Å². The second-order valence-corrected chi connectivity index (χ2v) is 6.22. The molecule has 140 valence electrons. The summed E-state index contributed by atoms with van der Waals surface area (Å²) in [4.78, 5) is 12.5. The molecule has 11 heteroatoms. The van der Waals surface area contributed by atoms with E-state index in [-0.39, 0.29) is 24.1 Å². The van der Waals surface area contributed by atoms with Gasteiger partial charge in [-0.1, -0.05) is 12.1 Å². The molecule has 1 aliphatic rings. The van der Waals surface area contributed by atoms with Crippen molar-refractivity contribution < 1.29 is 23.1 Å². The lowest BCUT2D eigenvalue weighted by Crippen LogP contribution is -2.08. The van der Waals surface area contributed by atoms with Gasteiger partial charge in [0.15, 0.2) is 0 Å². The van der Waals surface area contributed by atoms with Crippen molar-refractivity contribution in [3.8, 4) is 11.4 Å². The van der Waals surface area contributed by atoms with Crippen LogP contribution >= 0.6 is 0 Å². The SMILES string of the molecule is O=C(O)c1cc(Cn2nnc(-c3ccc(C(F)(F)F)cc3)n2)nn1C1CC1. The summed E-state index contributed by atoms with van der Waals surface area (Å²) in [6.07, 6.45) is -2.63. The molecule has 0 aliphatic heterocycles. The average Bonchev–Trinajstić information content (AvgIpc) is 3.20. The molecular formula is C16H13F3N6O2. The topological polar surface area (TPSA) is 98.7 Å². The molecule has 2 aromatic heterocycles. The van der Waals surface area contributed by atoms with Crippen molar-refractivity contribution in [2.24, 2.45) is 0 Å². The summed E-state index contributed by atoms with van der Waals surface area (Å²) in [5, 5.41) is 25.4. The zero-order chi connectivity index (χ0) is 19.2. The Balaban J connectivity index is 1.53. The van der Waals surface area contributed by atoms with E-state index in [4.69, 9.17) is 0 Å². The number of halogens is 3. The Labute approximate surface area is 150 Å². The van der Waals surface area contributed by atoms with Crippen LogP contribution in [0.2, 0.25) is 0 Å². The van der Waals surface area contributed by atoms with Crippen molar-refractivity contribution in [3.63, 3.8) is 0 Å². The van der Waals surface area contributed by atoms with E-state index in [1.54, 1.807) is 0 Å². The number of hydrogen-bond acceptors (Lipinski definition) is 5. The van der Waals surface area contributed by atoms with Crippen molar-refractivity contribution in [2.75, 3.05) is 0 Å². The predicted molar refractivity (Wildman–Crippen MR) is 84.8 cm³/mol. The quantitative estimate of drug-likeness (QED) is 0.733. The minimum Gasteiger partial charge on any atom is -0.477 e. The van der Waals surface area contributed by atoms with E-state index in [0.29, 0.717) is 11.3 Å². The molecule has 27 heavy (non-hydrogen) atoms. The number of alkyl halides is 3. The Kier molecular flexibility index (Phi) is 3.93. The highest BCUT2D eigenvalue weighted by Crippen LogP contribution is 2.35. The maximum atomic E-state index is 12.6. The van der Waals surface area contributed by atoms with Crippen molar-refractivity contribution >= 4 is 5.97 Å². The molecule has 1 aromatic carbocycles. The van der Waals surface area contributed by atoms with Crippen LogP contribution < -0.4 is 0 Å². The van der Waals surface area contributed by atoms with Gasteiger partial charge in [-0.2, -0.15) is 23.1 Å². The maximum Gasteiger partial charge on any atom is 0.416 e. The van der Waals surface area contributed by atoms with Crippen LogP contribution in [-0.4, -0.2) is 41.1 Å². The summed E-state index contributed by atoms with van der Waals surface area (Å²) in [6, 6.07) is 6.01.